The Kier molecular flexibility index (Phi) is 2.32. The van der Waals surface area contributed by atoms with E-state index in [2.05, 4.69) is 47.2 Å². The normalized spacial score (nSPS) is 15.5. The van der Waals surface area contributed by atoms with Crippen molar-refractivity contribution in [3.05, 3.63) is 46.7 Å². The lowest BCUT2D eigenvalue weighted by Gasteiger charge is -2.18. The summed E-state index contributed by atoms with van der Waals surface area (Å²) in [5, 5.41) is 2.60. The second kappa shape index (κ2) is 3.53. The minimum absolute atomic E-state index is 0.131. The molecule has 0 spiro atoms. The molecule has 0 saturated carbocycles. The molecule has 0 nitrogen and oxygen atoms in total. The molecular weight excluding hydrogens is 295 g/mol. The van der Waals surface area contributed by atoms with Crippen LogP contribution < -0.4 is 10.4 Å². The maximum atomic E-state index is 13.4. The fourth-order valence-corrected chi connectivity index (χ4v) is 6.56. The van der Waals surface area contributed by atoms with Gasteiger partial charge in [-0.1, -0.05) is 47.2 Å². The fraction of sp³-hybridized carbons (Fsp3) is 0.143. The van der Waals surface area contributed by atoms with Gasteiger partial charge in [0.2, 0.25) is 0 Å². The third-order valence-corrected chi connectivity index (χ3v) is 7.80. The molecule has 1 aliphatic heterocycles. The average Bonchev–Trinajstić information content (AvgIpc) is 2.50. The van der Waals surface area contributed by atoms with Crippen molar-refractivity contribution in [2.75, 3.05) is 0 Å². The summed E-state index contributed by atoms with van der Waals surface area (Å²) < 4.78 is 14.6. The summed E-state index contributed by atoms with van der Waals surface area (Å²) >= 11 is 3.62. The molecular formula is C14H12BrFSi. The van der Waals surface area contributed by atoms with E-state index in [0.29, 0.717) is 0 Å². The molecule has 0 bridgehead atoms. The van der Waals surface area contributed by atoms with Crippen LogP contribution >= 0.6 is 15.9 Å². The van der Waals surface area contributed by atoms with E-state index in [1.807, 2.05) is 6.07 Å². The van der Waals surface area contributed by atoms with E-state index in [1.165, 1.54) is 21.5 Å². The molecule has 0 unspecified atom stereocenters. The molecule has 1 aliphatic rings. The SMILES string of the molecule is C[Si]1(C)c2cc(F)ccc2-c2c(Br)cccc21. The second-order valence-corrected chi connectivity index (χ2v) is 10.2. The lowest BCUT2D eigenvalue weighted by Crippen LogP contribution is -2.49. The molecule has 0 amide bonds. The summed E-state index contributed by atoms with van der Waals surface area (Å²) in [6.45, 7) is 4.56. The third kappa shape index (κ3) is 1.45. The van der Waals surface area contributed by atoms with Crippen LogP contribution in [-0.4, -0.2) is 8.07 Å². The van der Waals surface area contributed by atoms with Crippen LogP contribution in [0.15, 0.2) is 40.9 Å². The largest absolute Gasteiger partial charge is 0.207 e. The van der Waals surface area contributed by atoms with E-state index in [-0.39, 0.29) is 5.82 Å². The summed E-state index contributed by atoms with van der Waals surface area (Å²) in [5.74, 6) is -0.131. The molecule has 3 rings (SSSR count). The molecule has 1 heterocycles. The first-order chi connectivity index (χ1) is 8.01. The van der Waals surface area contributed by atoms with Crippen molar-refractivity contribution in [3.63, 3.8) is 0 Å². The van der Waals surface area contributed by atoms with Crippen LogP contribution in [0.25, 0.3) is 11.1 Å². The Bertz CT molecular complexity index is 620. The maximum absolute atomic E-state index is 13.4. The molecule has 2 aromatic rings. The van der Waals surface area contributed by atoms with E-state index < -0.39 is 8.07 Å². The van der Waals surface area contributed by atoms with E-state index >= 15 is 0 Å². The van der Waals surface area contributed by atoms with E-state index in [1.54, 1.807) is 12.1 Å². The quantitative estimate of drug-likeness (QED) is 0.655. The monoisotopic (exact) mass is 306 g/mol. The molecule has 0 atom stereocenters. The van der Waals surface area contributed by atoms with Gasteiger partial charge in [0.25, 0.3) is 0 Å². The smallest absolute Gasteiger partial charge is 0.123 e. The number of benzene rings is 2. The van der Waals surface area contributed by atoms with Gasteiger partial charge < -0.3 is 0 Å². The average molecular weight is 307 g/mol. The van der Waals surface area contributed by atoms with E-state index in [0.717, 1.165) is 4.47 Å². The Labute approximate surface area is 110 Å². The number of rotatable bonds is 0. The van der Waals surface area contributed by atoms with Gasteiger partial charge in [0.15, 0.2) is 0 Å². The van der Waals surface area contributed by atoms with Gasteiger partial charge in [-0.25, -0.2) is 4.39 Å². The van der Waals surface area contributed by atoms with E-state index in [4.69, 9.17) is 0 Å². The van der Waals surface area contributed by atoms with Crippen molar-refractivity contribution >= 4 is 34.4 Å². The van der Waals surface area contributed by atoms with Crippen LogP contribution in [0.1, 0.15) is 0 Å². The highest BCUT2D eigenvalue weighted by molar-refractivity contribution is 9.10. The van der Waals surface area contributed by atoms with Crippen molar-refractivity contribution in [2.45, 2.75) is 13.1 Å². The van der Waals surface area contributed by atoms with Crippen LogP contribution in [0.5, 0.6) is 0 Å². The molecule has 0 aromatic heterocycles. The standard InChI is InChI=1S/C14H12BrFSi/c1-17(2)12-5-3-4-11(15)14(12)10-7-6-9(16)8-13(10)17/h3-8H,1-2H3. The first-order valence-electron chi connectivity index (χ1n) is 5.61. The summed E-state index contributed by atoms with van der Waals surface area (Å²) in [6, 6.07) is 11.5. The summed E-state index contributed by atoms with van der Waals surface area (Å²) in [6.07, 6.45) is 0. The molecule has 86 valence electrons. The lowest BCUT2D eigenvalue weighted by molar-refractivity contribution is 0.629. The van der Waals surface area contributed by atoms with Crippen molar-refractivity contribution < 1.29 is 4.39 Å². The first kappa shape index (κ1) is 11.2. The Morgan fingerprint density at radius 3 is 2.59 bits per heavy atom. The topological polar surface area (TPSA) is 0 Å². The Balaban J connectivity index is 2.43. The fourth-order valence-electron chi connectivity index (χ4n) is 2.72. The van der Waals surface area contributed by atoms with Gasteiger partial charge in [-0.05, 0) is 39.7 Å². The number of hydrogen-bond acceptors (Lipinski definition) is 0. The highest BCUT2D eigenvalue weighted by atomic mass is 79.9. The van der Waals surface area contributed by atoms with Crippen LogP contribution in [0, 0.1) is 5.82 Å². The van der Waals surface area contributed by atoms with Gasteiger partial charge in [0, 0.05) is 4.47 Å². The Morgan fingerprint density at radius 1 is 1.06 bits per heavy atom. The van der Waals surface area contributed by atoms with Crippen molar-refractivity contribution in [2.24, 2.45) is 0 Å². The molecule has 0 saturated heterocycles. The van der Waals surface area contributed by atoms with Crippen molar-refractivity contribution in [3.8, 4) is 11.1 Å². The summed E-state index contributed by atoms with van der Waals surface area (Å²) in [4.78, 5) is 0. The molecule has 0 aliphatic carbocycles. The van der Waals surface area contributed by atoms with Gasteiger partial charge in [0.05, 0.1) is 0 Å². The van der Waals surface area contributed by atoms with Crippen molar-refractivity contribution in [1.29, 1.82) is 0 Å². The van der Waals surface area contributed by atoms with Gasteiger partial charge >= 0.3 is 0 Å². The third-order valence-electron chi connectivity index (χ3n) is 3.61. The zero-order valence-corrected chi connectivity index (χ0v) is 12.3. The summed E-state index contributed by atoms with van der Waals surface area (Å²) in [5.41, 5.74) is 2.46. The zero-order valence-electron chi connectivity index (χ0n) is 9.72. The molecule has 2 aromatic carbocycles. The van der Waals surface area contributed by atoms with E-state index in [9.17, 15) is 4.39 Å². The molecule has 0 radical (unpaired) electrons. The van der Waals surface area contributed by atoms with Crippen LogP contribution in [0.3, 0.4) is 0 Å². The minimum atomic E-state index is -1.71. The predicted molar refractivity (Wildman–Crippen MR) is 76.3 cm³/mol. The highest BCUT2D eigenvalue weighted by Crippen LogP contribution is 2.33. The van der Waals surface area contributed by atoms with Gasteiger partial charge in [-0.2, -0.15) is 0 Å². The highest BCUT2D eigenvalue weighted by Gasteiger charge is 2.38. The molecule has 0 fully saturated rings. The summed E-state index contributed by atoms with van der Waals surface area (Å²) in [7, 11) is -1.71. The maximum Gasteiger partial charge on any atom is 0.123 e. The Hall–Kier alpha value is -0.933. The molecule has 0 N–H and O–H groups in total. The number of hydrogen-bond donors (Lipinski definition) is 0. The van der Waals surface area contributed by atoms with Crippen molar-refractivity contribution in [1.82, 2.24) is 0 Å². The second-order valence-electron chi connectivity index (χ2n) is 4.98. The minimum Gasteiger partial charge on any atom is -0.207 e. The van der Waals surface area contributed by atoms with Crippen LogP contribution in [-0.2, 0) is 0 Å². The van der Waals surface area contributed by atoms with Crippen LogP contribution in [0.4, 0.5) is 4.39 Å². The number of fused-ring (bicyclic) bond motifs is 3. The zero-order chi connectivity index (χ0) is 12.2. The Morgan fingerprint density at radius 2 is 1.82 bits per heavy atom. The lowest BCUT2D eigenvalue weighted by atomic mass is 10.1. The van der Waals surface area contributed by atoms with Gasteiger partial charge in [-0.15, -0.1) is 0 Å². The molecule has 17 heavy (non-hydrogen) atoms. The van der Waals surface area contributed by atoms with Gasteiger partial charge in [0.1, 0.15) is 13.9 Å². The first-order valence-corrected chi connectivity index (χ1v) is 9.40. The van der Waals surface area contributed by atoms with Gasteiger partial charge in [-0.3, -0.25) is 0 Å². The number of halogens is 2. The molecule has 3 heteroatoms. The van der Waals surface area contributed by atoms with Crippen LogP contribution in [0.2, 0.25) is 13.1 Å². The predicted octanol–water partition coefficient (Wildman–Crippen LogP) is 3.39.